The molecule has 0 aliphatic carbocycles. The molecule has 0 fully saturated rings. The monoisotopic (exact) mass is 255 g/mol. The summed E-state index contributed by atoms with van der Waals surface area (Å²) in [5.41, 5.74) is 6.32. The largest absolute Gasteiger partial charge is 0.479 e. The number of nitrogens with zero attached hydrogens (tertiary/aromatic N) is 2. The van der Waals surface area contributed by atoms with Crippen molar-refractivity contribution in [1.29, 1.82) is 0 Å². The van der Waals surface area contributed by atoms with E-state index in [0.29, 0.717) is 17.6 Å². The summed E-state index contributed by atoms with van der Waals surface area (Å²) < 4.78 is 5.13. The Balaban J connectivity index is 2.77. The number of nitrogen functional groups attached to an aromatic ring is 1. The number of hydrogen-bond donors (Lipinski definition) is 1. The smallest absolute Gasteiger partial charge is 0.238 e. The van der Waals surface area contributed by atoms with Crippen LogP contribution in [0.3, 0.4) is 0 Å². The maximum absolute atomic E-state index is 5.75. The number of rotatable bonds is 6. The first-order valence-corrected chi connectivity index (χ1v) is 7.01. The van der Waals surface area contributed by atoms with Gasteiger partial charge in [0.25, 0.3) is 0 Å². The van der Waals surface area contributed by atoms with Crippen LogP contribution in [0.25, 0.3) is 0 Å². The van der Waals surface area contributed by atoms with Crippen LogP contribution in [0.5, 0.6) is 5.88 Å². The third-order valence-electron chi connectivity index (χ3n) is 2.83. The average molecular weight is 255 g/mol. The maximum atomic E-state index is 5.75. The topological polar surface area (TPSA) is 51.4 Å². The van der Waals surface area contributed by atoms with Crippen molar-refractivity contribution in [3.63, 3.8) is 0 Å². The average Bonchev–Trinajstić information content (AvgIpc) is 2.35. The van der Waals surface area contributed by atoms with Crippen LogP contribution >= 0.6 is 11.8 Å². The molecule has 1 rings (SSSR count). The Labute approximate surface area is 108 Å². The molecule has 17 heavy (non-hydrogen) atoms. The molecule has 0 saturated heterocycles. The second-order valence-corrected chi connectivity index (χ2v) is 4.99. The van der Waals surface area contributed by atoms with E-state index in [9.17, 15) is 0 Å². The van der Waals surface area contributed by atoms with E-state index in [1.807, 2.05) is 30.9 Å². The normalized spacial score (nSPS) is 12.2. The first-order chi connectivity index (χ1) is 8.10. The van der Waals surface area contributed by atoms with Gasteiger partial charge in [-0.05, 0) is 37.5 Å². The Bertz CT molecular complexity index is 360. The summed E-state index contributed by atoms with van der Waals surface area (Å²) in [5.74, 6) is 2.54. The second kappa shape index (κ2) is 6.59. The number of nitrogens with two attached hydrogens (primary N) is 1. The fourth-order valence-corrected chi connectivity index (χ4v) is 2.09. The molecule has 1 aromatic rings. The summed E-state index contributed by atoms with van der Waals surface area (Å²) in [7, 11) is 3.63. The van der Waals surface area contributed by atoms with E-state index in [2.05, 4.69) is 23.1 Å². The van der Waals surface area contributed by atoms with E-state index in [0.717, 1.165) is 18.0 Å². The van der Waals surface area contributed by atoms with Gasteiger partial charge in [0.15, 0.2) is 0 Å². The predicted molar refractivity (Wildman–Crippen MR) is 76.1 cm³/mol. The highest BCUT2D eigenvalue weighted by atomic mass is 32.2. The van der Waals surface area contributed by atoms with Crippen molar-refractivity contribution in [3.05, 3.63) is 12.1 Å². The lowest BCUT2D eigenvalue weighted by atomic mass is 10.2. The van der Waals surface area contributed by atoms with E-state index in [-0.39, 0.29) is 0 Å². The summed E-state index contributed by atoms with van der Waals surface area (Å²) in [5, 5.41) is 0. The van der Waals surface area contributed by atoms with Crippen molar-refractivity contribution in [2.24, 2.45) is 0 Å². The number of pyridine rings is 1. The molecule has 4 nitrogen and oxygen atoms in total. The van der Waals surface area contributed by atoms with Crippen LogP contribution in [0.4, 0.5) is 11.5 Å². The van der Waals surface area contributed by atoms with Gasteiger partial charge in [0.1, 0.15) is 5.82 Å². The molecule has 0 amide bonds. The van der Waals surface area contributed by atoms with Crippen LogP contribution in [-0.4, -0.2) is 37.2 Å². The maximum Gasteiger partial charge on any atom is 0.238 e. The molecule has 0 spiro atoms. The Morgan fingerprint density at radius 2 is 2.24 bits per heavy atom. The fourth-order valence-electron chi connectivity index (χ4n) is 1.51. The molecule has 5 heteroatoms. The molecule has 96 valence electrons. The van der Waals surface area contributed by atoms with Crippen molar-refractivity contribution < 1.29 is 4.74 Å². The standard InChI is InChI=1S/C12H21N3OS/c1-9(7-8-17-4)15(2)11-6-5-10(13)12(14-11)16-3/h5-6,9H,7-8,13H2,1-4H3. The van der Waals surface area contributed by atoms with Gasteiger partial charge < -0.3 is 15.4 Å². The number of anilines is 2. The minimum Gasteiger partial charge on any atom is -0.479 e. The minimum atomic E-state index is 0.447. The van der Waals surface area contributed by atoms with Crippen molar-refractivity contribution in [1.82, 2.24) is 4.98 Å². The van der Waals surface area contributed by atoms with E-state index >= 15 is 0 Å². The van der Waals surface area contributed by atoms with Gasteiger partial charge in [-0.15, -0.1) is 0 Å². The summed E-state index contributed by atoms with van der Waals surface area (Å²) in [6.07, 6.45) is 3.25. The van der Waals surface area contributed by atoms with Gasteiger partial charge in [-0.1, -0.05) is 0 Å². The third-order valence-corrected chi connectivity index (χ3v) is 3.47. The van der Waals surface area contributed by atoms with Gasteiger partial charge in [0.2, 0.25) is 5.88 Å². The number of ether oxygens (including phenoxy) is 1. The zero-order chi connectivity index (χ0) is 12.8. The highest BCUT2D eigenvalue weighted by Gasteiger charge is 2.12. The van der Waals surface area contributed by atoms with Crippen LogP contribution in [0.1, 0.15) is 13.3 Å². The lowest BCUT2D eigenvalue weighted by Gasteiger charge is -2.26. The molecule has 0 bridgehead atoms. The van der Waals surface area contributed by atoms with Crippen molar-refractivity contribution in [2.75, 3.05) is 36.8 Å². The molecule has 1 aromatic heterocycles. The van der Waals surface area contributed by atoms with Gasteiger partial charge in [-0.25, -0.2) is 0 Å². The second-order valence-electron chi connectivity index (χ2n) is 4.01. The Hall–Kier alpha value is -1.10. The summed E-state index contributed by atoms with van der Waals surface area (Å²) in [4.78, 5) is 6.54. The van der Waals surface area contributed by atoms with Gasteiger partial charge in [-0.3, -0.25) is 0 Å². The van der Waals surface area contributed by atoms with Crippen LogP contribution < -0.4 is 15.4 Å². The Kier molecular flexibility index (Phi) is 5.41. The van der Waals surface area contributed by atoms with E-state index in [1.165, 1.54) is 0 Å². The van der Waals surface area contributed by atoms with Gasteiger partial charge in [0, 0.05) is 13.1 Å². The zero-order valence-electron chi connectivity index (χ0n) is 10.9. The quantitative estimate of drug-likeness (QED) is 0.845. The van der Waals surface area contributed by atoms with Crippen LogP contribution in [0.2, 0.25) is 0 Å². The van der Waals surface area contributed by atoms with Crippen molar-refractivity contribution in [3.8, 4) is 5.88 Å². The Morgan fingerprint density at radius 3 is 2.82 bits per heavy atom. The summed E-state index contributed by atoms with van der Waals surface area (Å²) >= 11 is 1.86. The Morgan fingerprint density at radius 1 is 1.53 bits per heavy atom. The third kappa shape index (κ3) is 3.70. The molecule has 2 N–H and O–H groups in total. The predicted octanol–water partition coefficient (Wildman–Crippen LogP) is 2.25. The van der Waals surface area contributed by atoms with Gasteiger partial charge in [0.05, 0.1) is 12.8 Å². The SMILES string of the molecule is COc1nc(N(C)C(C)CCSC)ccc1N. The molecule has 1 unspecified atom stereocenters. The summed E-state index contributed by atoms with van der Waals surface area (Å²) in [6, 6.07) is 4.20. The highest BCUT2D eigenvalue weighted by Crippen LogP contribution is 2.23. The summed E-state index contributed by atoms with van der Waals surface area (Å²) in [6.45, 7) is 2.20. The highest BCUT2D eigenvalue weighted by molar-refractivity contribution is 7.98. The first-order valence-electron chi connectivity index (χ1n) is 5.62. The van der Waals surface area contributed by atoms with Crippen LogP contribution in [-0.2, 0) is 0 Å². The lowest BCUT2D eigenvalue weighted by molar-refractivity contribution is 0.400. The molecular weight excluding hydrogens is 234 g/mol. The molecule has 1 atom stereocenters. The van der Waals surface area contributed by atoms with E-state index in [4.69, 9.17) is 10.5 Å². The van der Waals surface area contributed by atoms with Crippen LogP contribution in [0, 0.1) is 0 Å². The van der Waals surface area contributed by atoms with E-state index in [1.54, 1.807) is 7.11 Å². The zero-order valence-corrected chi connectivity index (χ0v) is 11.8. The number of hydrogen-bond acceptors (Lipinski definition) is 5. The molecule has 0 aliphatic rings. The molecule has 0 aliphatic heterocycles. The van der Waals surface area contributed by atoms with Crippen molar-refractivity contribution in [2.45, 2.75) is 19.4 Å². The molecule has 1 heterocycles. The molecule has 0 saturated carbocycles. The fraction of sp³-hybridized carbons (Fsp3) is 0.583. The first kappa shape index (κ1) is 14.0. The minimum absolute atomic E-state index is 0.447. The van der Waals surface area contributed by atoms with Crippen molar-refractivity contribution >= 4 is 23.3 Å². The van der Waals surface area contributed by atoms with Crippen LogP contribution in [0.15, 0.2) is 12.1 Å². The van der Waals surface area contributed by atoms with Gasteiger partial charge in [-0.2, -0.15) is 16.7 Å². The number of aromatic nitrogens is 1. The molecular formula is C12H21N3OS. The number of methoxy groups -OCH3 is 1. The van der Waals surface area contributed by atoms with E-state index < -0.39 is 0 Å². The van der Waals surface area contributed by atoms with Gasteiger partial charge >= 0.3 is 0 Å². The number of thioether (sulfide) groups is 1. The molecule has 0 aromatic carbocycles. The molecule has 0 radical (unpaired) electrons. The lowest BCUT2D eigenvalue weighted by Crippen LogP contribution is -2.30.